The number of aryl methyl sites for hydroxylation is 1. The lowest BCUT2D eigenvalue weighted by Crippen LogP contribution is -2.31. The predicted molar refractivity (Wildman–Crippen MR) is 115 cm³/mol. The second-order valence-electron chi connectivity index (χ2n) is 7.00. The van der Waals surface area contributed by atoms with Crippen LogP contribution in [0.15, 0.2) is 65.7 Å². The number of aliphatic hydroxyl groups is 1. The molecule has 4 nitrogen and oxygen atoms in total. The second kappa shape index (κ2) is 9.53. The van der Waals surface area contributed by atoms with Gasteiger partial charge in [-0.05, 0) is 54.1 Å². The average Bonchev–Trinajstić information content (AvgIpc) is 2.77. The quantitative estimate of drug-likeness (QED) is 0.507. The summed E-state index contributed by atoms with van der Waals surface area (Å²) in [4.78, 5) is 17.2. The fraction of sp³-hybridized carbons (Fsp3) is 0.217. The molecule has 1 heterocycles. The molecule has 1 atom stereocenters. The van der Waals surface area contributed by atoms with Crippen molar-refractivity contribution in [3.63, 3.8) is 0 Å². The van der Waals surface area contributed by atoms with Crippen LogP contribution in [-0.2, 0) is 6.18 Å². The third-order valence-electron chi connectivity index (χ3n) is 4.76. The van der Waals surface area contributed by atoms with Crippen molar-refractivity contribution in [3.05, 3.63) is 83.2 Å². The van der Waals surface area contributed by atoms with Gasteiger partial charge < -0.3 is 10.4 Å². The fourth-order valence-electron chi connectivity index (χ4n) is 3.02. The minimum atomic E-state index is -4.55. The van der Waals surface area contributed by atoms with Crippen molar-refractivity contribution in [3.8, 4) is 11.1 Å². The highest BCUT2D eigenvalue weighted by atomic mass is 32.2. The molecule has 31 heavy (non-hydrogen) atoms. The summed E-state index contributed by atoms with van der Waals surface area (Å²) in [5.41, 5.74) is 2.59. The highest BCUT2D eigenvalue weighted by molar-refractivity contribution is 7.98. The van der Waals surface area contributed by atoms with E-state index in [2.05, 4.69) is 10.3 Å². The van der Waals surface area contributed by atoms with Crippen molar-refractivity contribution in [1.29, 1.82) is 0 Å². The van der Waals surface area contributed by atoms with Gasteiger partial charge in [0.05, 0.1) is 12.6 Å². The molecule has 0 fully saturated rings. The van der Waals surface area contributed by atoms with Crippen LogP contribution in [0.5, 0.6) is 0 Å². The zero-order valence-corrected chi connectivity index (χ0v) is 17.7. The standard InChI is InChI=1S/C23H21F3N2O2S/c1-14-3-5-15(6-4-14)17-9-18(11-19(10-17)31-2)22(30)28-20(13-29)16-7-8-21(27-12-16)23(24,25)26/h3-12,20,29H,13H2,1-2H3,(H,28,30)/t20-/m1/s1. The Balaban J connectivity index is 1.85. The van der Waals surface area contributed by atoms with Gasteiger partial charge in [-0.2, -0.15) is 13.2 Å². The van der Waals surface area contributed by atoms with Gasteiger partial charge >= 0.3 is 6.18 Å². The number of hydrogen-bond donors (Lipinski definition) is 2. The minimum Gasteiger partial charge on any atom is -0.394 e. The average molecular weight is 446 g/mol. The molecule has 3 aromatic rings. The zero-order chi connectivity index (χ0) is 22.6. The fourth-order valence-corrected chi connectivity index (χ4v) is 3.51. The van der Waals surface area contributed by atoms with Gasteiger partial charge in [0, 0.05) is 16.7 Å². The number of halogens is 3. The van der Waals surface area contributed by atoms with Gasteiger partial charge in [-0.15, -0.1) is 11.8 Å². The maximum Gasteiger partial charge on any atom is 0.433 e. The van der Waals surface area contributed by atoms with Crippen molar-refractivity contribution in [2.45, 2.75) is 24.0 Å². The van der Waals surface area contributed by atoms with E-state index in [1.165, 1.54) is 17.8 Å². The van der Waals surface area contributed by atoms with Crippen LogP contribution in [0, 0.1) is 6.92 Å². The number of carbonyl (C=O) groups excluding carboxylic acids is 1. The lowest BCUT2D eigenvalue weighted by Gasteiger charge is -2.18. The number of benzene rings is 2. The molecule has 3 rings (SSSR count). The lowest BCUT2D eigenvalue weighted by molar-refractivity contribution is -0.141. The molecule has 0 bridgehead atoms. The first kappa shape index (κ1) is 22.8. The van der Waals surface area contributed by atoms with Gasteiger partial charge in [0.25, 0.3) is 5.91 Å². The van der Waals surface area contributed by atoms with Crippen LogP contribution in [0.3, 0.4) is 0 Å². The molecule has 0 unspecified atom stereocenters. The summed E-state index contributed by atoms with van der Waals surface area (Å²) in [6.45, 7) is 1.51. The van der Waals surface area contributed by atoms with E-state index in [1.54, 1.807) is 12.1 Å². The van der Waals surface area contributed by atoms with Gasteiger partial charge in [-0.3, -0.25) is 9.78 Å². The third kappa shape index (κ3) is 5.65. The Morgan fingerprint density at radius 2 is 1.81 bits per heavy atom. The molecule has 0 aliphatic heterocycles. The molecule has 0 radical (unpaired) electrons. The van der Waals surface area contributed by atoms with Crippen LogP contribution in [-0.4, -0.2) is 28.9 Å². The van der Waals surface area contributed by atoms with Crippen LogP contribution in [0.1, 0.15) is 33.2 Å². The van der Waals surface area contributed by atoms with Gasteiger partial charge in [-0.1, -0.05) is 35.9 Å². The molecular formula is C23H21F3N2O2S. The Morgan fingerprint density at radius 1 is 1.10 bits per heavy atom. The molecule has 1 aromatic heterocycles. The minimum absolute atomic E-state index is 0.281. The molecule has 2 aromatic carbocycles. The number of thioether (sulfide) groups is 1. The summed E-state index contributed by atoms with van der Waals surface area (Å²) < 4.78 is 38.2. The van der Waals surface area contributed by atoms with Crippen molar-refractivity contribution in [2.75, 3.05) is 12.9 Å². The molecule has 0 spiro atoms. The monoisotopic (exact) mass is 446 g/mol. The largest absolute Gasteiger partial charge is 0.433 e. The van der Waals surface area contributed by atoms with Crippen LogP contribution in [0.2, 0.25) is 0 Å². The molecule has 1 amide bonds. The molecule has 162 valence electrons. The number of hydrogen-bond acceptors (Lipinski definition) is 4. The molecule has 8 heteroatoms. The first-order valence-electron chi connectivity index (χ1n) is 9.42. The van der Waals surface area contributed by atoms with Crippen LogP contribution < -0.4 is 5.32 Å². The number of nitrogens with one attached hydrogen (secondary N) is 1. The normalized spacial score (nSPS) is 12.5. The topological polar surface area (TPSA) is 62.2 Å². The Morgan fingerprint density at radius 3 is 2.35 bits per heavy atom. The highest BCUT2D eigenvalue weighted by Crippen LogP contribution is 2.29. The summed E-state index contributed by atoms with van der Waals surface area (Å²) in [6.07, 6.45) is -1.64. The molecule has 0 saturated heterocycles. The molecule has 0 saturated carbocycles. The summed E-state index contributed by atoms with van der Waals surface area (Å²) in [5, 5.41) is 12.4. The number of pyridine rings is 1. The van der Waals surface area contributed by atoms with Gasteiger partial charge in [0.2, 0.25) is 0 Å². The SMILES string of the molecule is CSc1cc(C(=O)N[C@H](CO)c2ccc(C(F)(F)F)nc2)cc(-c2ccc(C)cc2)c1. The van der Waals surface area contributed by atoms with Crippen LogP contribution in [0.4, 0.5) is 13.2 Å². The third-order valence-corrected chi connectivity index (χ3v) is 5.46. The molecule has 0 aliphatic carbocycles. The highest BCUT2D eigenvalue weighted by Gasteiger charge is 2.32. The summed E-state index contributed by atoms with van der Waals surface area (Å²) in [7, 11) is 0. The predicted octanol–water partition coefficient (Wildman–Crippen LogP) is 5.26. The molecule has 2 N–H and O–H groups in total. The van der Waals surface area contributed by atoms with E-state index >= 15 is 0 Å². The number of nitrogens with zero attached hydrogens (tertiary/aromatic N) is 1. The van der Waals surface area contributed by atoms with E-state index in [4.69, 9.17) is 0 Å². The van der Waals surface area contributed by atoms with Crippen LogP contribution >= 0.6 is 11.8 Å². The van der Waals surface area contributed by atoms with Crippen molar-refractivity contribution < 1.29 is 23.1 Å². The Hall–Kier alpha value is -2.84. The molecule has 0 aliphatic rings. The Labute approximate surface area is 182 Å². The number of carbonyl (C=O) groups is 1. The van der Waals surface area contributed by atoms with Crippen molar-refractivity contribution in [1.82, 2.24) is 10.3 Å². The smallest absolute Gasteiger partial charge is 0.394 e. The number of aliphatic hydroxyl groups excluding tert-OH is 1. The first-order valence-corrected chi connectivity index (χ1v) is 10.6. The van der Waals surface area contributed by atoms with E-state index in [-0.39, 0.29) is 5.56 Å². The Bertz CT molecular complexity index is 1050. The van der Waals surface area contributed by atoms with E-state index in [0.29, 0.717) is 5.56 Å². The van der Waals surface area contributed by atoms with E-state index in [1.807, 2.05) is 43.5 Å². The summed E-state index contributed by atoms with van der Waals surface area (Å²) in [5.74, 6) is -0.441. The summed E-state index contributed by atoms with van der Waals surface area (Å²) in [6, 6.07) is 14.5. The second-order valence-corrected chi connectivity index (χ2v) is 7.88. The van der Waals surface area contributed by atoms with E-state index in [9.17, 15) is 23.1 Å². The zero-order valence-electron chi connectivity index (χ0n) is 16.9. The number of rotatable bonds is 6. The van der Waals surface area contributed by atoms with E-state index in [0.717, 1.165) is 33.8 Å². The number of alkyl halides is 3. The van der Waals surface area contributed by atoms with Crippen molar-refractivity contribution in [2.24, 2.45) is 0 Å². The van der Waals surface area contributed by atoms with Gasteiger partial charge in [0.15, 0.2) is 0 Å². The maximum absolute atomic E-state index is 12.9. The maximum atomic E-state index is 12.9. The van der Waals surface area contributed by atoms with E-state index < -0.39 is 30.4 Å². The molecular weight excluding hydrogens is 425 g/mol. The van der Waals surface area contributed by atoms with Crippen LogP contribution in [0.25, 0.3) is 11.1 Å². The first-order chi connectivity index (χ1) is 14.7. The lowest BCUT2D eigenvalue weighted by atomic mass is 10.0. The van der Waals surface area contributed by atoms with Crippen molar-refractivity contribution >= 4 is 17.7 Å². The number of aromatic nitrogens is 1. The number of amides is 1. The summed E-state index contributed by atoms with van der Waals surface area (Å²) >= 11 is 1.49. The van der Waals surface area contributed by atoms with Gasteiger partial charge in [-0.25, -0.2) is 0 Å². The Kier molecular flexibility index (Phi) is 7.02. The van der Waals surface area contributed by atoms with Gasteiger partial charge in [0.1, 0.15) is 5.69 Å².